The topological polar surface area (TPSA) is 9.23 Å². The predicted molar refractivity (Wildman–Crippen MR) is 123 cm³/mol. The van der Waals surface area contributed by atoms with E-state index in [-0.39, 0.29) is 11.1 Å². The summed E-state index contributed by atoms with van der Waals surface area (Å²) in [6.45, 7) is 2.17. The summed E-state index contributed by atoms with van der Waals surface area (Å²) in [5, 5.41) is 0. The minimum absolute atomic E-state index is 0.173. The molecule has 0 bridgehead atoms. The number of hydrogen-bond acceptors (Lipinski definition) is 1. The van der Waals surface area contributed by atoms with Gasteiger partial charge in [-0.25, -0.2) is 8.78 Å². The van der Waals surface area contributed by atoms with Crippen LogP contribution in [-0.4, -0.2) is 0 Å². The van der Waals surface area contributed by atoms with Crippen LogP contribution in [0.4, 0.5) is 30.7 Å². The maximum Gasteiger partial charge on any atom is 0.426 e. The van der Waals surface area contributed by atoms with E-state index in [2.05, 4.69) is 6.92 Å². The molecule has 1 aliphatic rings. The molecule has 36 heavy (non-hydrogen) atoms. The summed E-state index contributed by atoms with van der Waals surface area (Å²) in [7, 11) is 0. The van der Waals surface area contributed by atoms with Crippen molar-refractivity contribution >= 4 is 0 Å². The number of benzene rings is 3. The van der Waals surface area contributed by atoms with Crippen LogP contribution in [0.3, 0.4) is 0 Å². The molecule has 4 rings (SSSR count). The Morgan fingerprint density at radius 1 is 0.806 bits per heavy atom. The van der Waals surface area contributed by atoms with E-state index in [0.29, 0.717) is 24.0 Å². The Hall–Kier alpha value is -3.03. The monoisotopic (exact) mass is 510 g/mol. The van der Waals surface area contributed by atoms with Crippen LogP contribution in [0.2, 0.25) is 0 Å². The minimum atomic E-state index is -5.24. The number of alkyl halides is 5. The van der Waals surface area contributed by atoms with Crippen LogP contribution >= 0.6 is 0 Å². The molecule has 0 spiro atoms. The number of halogens is 7. The molecule has 0 N–H and O–H groups in total. The highest BCUT2D eigenvalue weighted by atomic mass is 19.4. The van der Waals surface area contributed by atoms with Crippen LogP contribution in [0, 0.1) is 17.6 Å². The van der Waals surface area contributed by atoms with Gasteiger partial charge >= 0.3 is 12.3 Å². The molecule has 1 saturated carbocycles. The summed E-state index contributed by atoms with van der Waals surface area (Å²) in [6, 6.07) is 12.0. The third-order valence-electron chi connectivity index (χ3n) is 6.90. The number of hydrogen-bond donors (Lipinski definition) is 0. The van der Waals surface area contributed by atoms with Crippen molar-refractivity contribution in [3.63, 3.8) is 0 Å². The van der Waals surface area contributed by atoms with Gasteiger partial charge in [-0.05, 0) is 79.0 Å². The van der Waals surface area contributed by atoms with Crippen molar-refractivity contribution in [3.05, 3.63) is 89.0 Å². The van der Waals surface area contributed by atoms with Gasteiger partial charge in [0.15, 0.2) is 0 Å². The summed E-state index contributed by atoms with van der Waals surface area (Å²) >= 11 is 0. The maximum atomic E-state index is 15.1. The molecule has 8 heteroatoms. The summed E-state index contributed by atoms with van der Waals surface area (Å²) in [4.78, 5) is 0. The van der Waals surface area contributed by atoms with Crippen LogP contribution in [0.15, 0.2) is 60.7 Å². The Labute approximate surface area is 204 Å². The maximum absolute atomic E-state index is 15.1. The Morgan fingerprint density at radius 3 is 1.94 bits per heavy atom. The Bertz CT molecular complexity index is 1170. The highest BCUT2D eigenvalue weighted by Crippen LogP contribution is 2.41. The van der Waals surface area contributed by atoms with Crippen molar-refractivity contribution in [1.82, 2.24) is 0 Å². The Balaban J connectivity index is 1.57. The van der Waals surface area contributed by atoms with Crippen LogP contribution in [-0.2, 0) is 12.3 Å². The first-order chi connectivity index (χ1) is 17.0. The van der Waals surface area contributed by atoms with Crippen LogP contribution in [0.1, 0.15) is 61.6 Å². The van der Waals surface area contributed by atoms with E-state index < -0.39 is 40.8 Å². The van der Waals surface area contributed by atoms with Gasteiger partial charge in [0.2, 0.25) is 0 Å². The van der Waals surface area contributed by atoms with E-state index in [9.17, 15) is 22.0 Å². The zero-order valence-electron chi connectivity index (χ0n) is 19.5. The van der Waals surface area contributed by atoms with E-state index >= 15 is 8.78 Å². The smallest absolute Gasteiger partial charge is 0.426 e. The molecule has 3 aromatic rings. The average molecular weight is 510 g/mol. The second kappa shape index (κ2) is 10.1. The molecule has 0 aromatic heterocycles. The van der Waals surface area contributed by atoms with E-state index in [1.54, 1.807) is 12.1 Å². The van der Waals surface area contributed by atoms with Gasteiger partial charge < -0.3 is 4.74 Å². The molecule has 1 nitrogen and oxygen atoms in total. The quantitative estimate of drug-likeness (QED) is 0.300. The van der Waals surface area contributed by atoms with E-state index in [0.717, 1.165) is 43.7 Å². The van der Waals surface area contributed by atoms with Gasteiger partial charge in [0, 0.05) is 5.56 Å². The lowest BCUT2D eigenvalue weighted by Gasteiger charge is -2.28. The molecule has 0 radical (unpaired) electrons. The van der Waals surface area contributed by atoms with Gasteiger partial charge in [-0.2, -0.15) is 22.0 Å². The lowest BCUT2D eigenvalue weighted by atomic mass is 9.78. The summed E-state index contributed by atoms with van der Waals surface area (Å²) in [5.41, 5.74) is -2.00. The Kier molecular flexibility index (Phi) is 7.34. The average Bonchev–Trinajstić information content (AvgIpc) is 2.83. The van der Waals surface area contributed by atoms with Crippen molar-refractivity contribution in [2.24, 2.45) is 5.92 Å². The molecule has 0 atom stereocenters. The number of ether oxygens (including phenoxy) is 1. The molecule has 0 heterocycles. The van der Waals surface area contributed by atoms with E-state index in [4.69, 9.17) is 4.74 Å². The second-order valence-electron chi connectivity index (χ2n) is 9.18. The highest BCUT2D eigenvalue weighted by Gasteiger charge is 2.39. The summed E-state index contributed by atoms with van der Waals surface area (Å²) in [6.07, 6.45) is -3.64. The molecule has 3 aromatic carbocycles. The van der Waals surface area contributed by atoms with Crippen molar-refractivity contribution < 1.29 is 35.5 Å². The molecule has 192 valence electrons. The molecule has 0 unspecified atom stereocenters. The SMILES string of the molecule is CC[C@H]1CC[C@H](c2ccc(C(F)(F)Oc3ccccc3-c3cc(F)c(C(F)(F)F)c(F)c3)cc2)CC1. The lowest BCUT2D eigenvalue weighted by Crippen LogP contribution is -2.22. The zero-order chi connectivity index (χ0) is 26.1. The van der Waals surface area contributed by atoms with Crippen molar-refractivity contribution in [2.75, 3.05) is 0 Å². The van der Waals surface area contributed by atoms with E-state index in [1.165, 1.54) is 30.3 Å². The van der Waals surface area contributed by atoms with Crippen molar-refractivity contribution in [3.8, 4) is 16.9 Å². The second-order valence-corrected chi connectivity index (χ2v) is 9.18. The van der Waals surface area contributed by atoms with Gasteiger partial charge in [-0.3, -0.25) is 0 Å². The normalized spacial score (nSPS) is 18.8. The van der Waals surface area contributed by atoms with Crippen LogP contribution in [0.25, 0.3) is 11.1 Å². The fourth-order valence-electron chi connectivity index (χ4n) is 4.84. The van der Waals surface area contributed by atoms with Crippen molar-refractivity contribution in [2.45, 2.75) is 57.2 Å². The van der Waals surface area contributed by atoms with Gasteiger partial charge in [0.05, 0.1) is 5.56 Å². The zero-order valence-corrected chi connectivity index (χ0v) is 19.5. The van der Waals surface area contributed by atoms with Crippen LogP contribution < -0.4 is 4.74 Å². The fraction of sp³-hybridized carbons (Fsp3) is 0.357. The first kappa shape index (κ1) is 26.0. The molecule has 0 amide bonds. The van der Waals surface area contributed by atoms with Gasteiger partial charge in [-0.15, -0.1) is 0 Å². The largest absolute Gasteiger partial charge is 0.428 e. The van der Waals surface area contributed by atoms with Crippen LogP contribution in [0.5, 0.6) is 5.75 Å². The molecule has 0 saturated heterocycles. The molecule has 1 aliphatic carbocycles. The van der Waals surface area contributed by atoms with Crippen molar-refractivity contribution in [1.29, 1.82) is 0 Å². The van der Waals surface area contributed by atoms with Gasteiger partial charge in [-0.1, -0.05) is 43.7 Å². The number of para-hydroxylation sites is 1. The highest BCUT2D eigenvalue weighted by molar-refractivity contribution is 5.71. The first-order valence-corrected chi connectivity index (χ1v) is 11.8. The number of rotatable bonds is 6. The molecular formula is C28H25F7O. The fourth-order valence-corrected chi connectivity index (χ4v) is 4.84. The van der Waals surface area contributed by atoms with E-state index in [1.807, 2.05) is 0 Å². The first-order valence-electron chi connectivity index (χ1n) is 11.8. The Morgan fingerprint density at radius 2 is 1.39 bits per heavy atom. The lowest BCUT2D eigenvalue weighted by molar-refractivity contribution is -0.185. The molecule has 1 fully saturated rings. The standard InChI is InChI=1S/C28H25F7O/c1-2-17-7-9-18(10-8-17)19-11-13-21(14-12-19)28(34,35)36-25-6-4-3-5-22(25)20-15-23(29)26(24(30)16-20)27(31,32)33/h3-6,11-18H,2,7-10H2,1H3/t17-,18-. The minimum Gasteiger partial charge on any atom is -0.428 e. The molecule has 0 aliphatic heterocycles. The predicted octanol–water partition coefficient (Wildman–Crippen LogP) is 9.46. The van der Waals surface area contributed by atoms with Gasteiger partial charge in [0.1, 0.15) is 22.9 Å². The summed E-state index contributed by atoms with van der Waals surface area (Å²) in [5.74, 6) is -3.08. The third kappa shape index (κ3) is 5.52. The summed E-state index contributed by atoms with van der Waals surface area (Å²) < 4.78 is 102. The molecular weight excluding hydrogens is 485 g/mol. The van der Waals surface area contributed by atoms with Gasteiger partial charge in [0.25, 0.3) is 0 Å². The third-order valence-corrected chi connectivity index (χ3v) is 6.90.